The highest BCUT2D eigenvalue weighted by Crippen LogP contribution is 2.12. The Balaban J connectivity index is 1.77. The molecule has 19 heavy (non-hydrogen) atoms. The van der Waals surface area contributed by atoms with Crippen molar-refractivity contribution in [2.24, 2.45) is 0 Å². The second-order valence-corrected chi connectivity index (χ2v) is 5.42. The molecule has 106 valence electrons. The minimum Gasteiger partial charge on any atom is -0.392 e. The Kier molecular flexibility index (Phi) is 5.83. The normalized spacial score (nSPS) is 21.3. The molecule has 0 bridgehead atoms. The van der Waals surface area contributed by atoms with Gasteiger partial charge in [-0.2, -0.15) is 0 Å². The van der Waals surface area contributed by atoms with Crippen molar-refractivity contribution in [3.05, 3.63) is 35.4 Å². The van der Waals surface area contributed by atoms with Crippen LogP contribution in [0.3, 0.4) is 0 Å². The first kappa shape index (κ1) is 14.5. The third-order valence-corrected chi connectivity index (χ3v) is 4.07. The number of benzene rings is 1. The average Bonchev–Trinajstić information content (AvgIpc) is 2.70. The fourth-order valence-electron chi connectivity index (χ4n) is 2.70. The maximum absolute atomic E-state index is 9.02. The fraction of sp³-hybridized carbons (Fsp3) is 0.625. The number of aliphatic hydroxyl groups excluding tert-OH is 1. The molecule has 1 unspecified atom stereocenters. The van der Waals surface area contributed by atoms with Crippen LogP contribution < -0.4 is 5.32 Å². The third-order valence-electron chi connectivity index (χ3n) is 4.07. The van der Waals surface area contributed by atoms with Gasteiger partial charge in [0.15, 0.2) is 0 Å². The maximum atomic E-state index is 9.02. The van der Waals surface area contributed by atoms with Crippen molar-refractivity contribution in [1.82, 2.24) is 10.2 Å². The van der Waals surface area contributed by atoms with Crippen molar-refractivity contribution >= 4 is 0 Å². The van der Waals surface area contributed by atoms with Gasteiger partial charge in [0.25, 0.3) is 0 Å². The van der Waals surface area contributed by atoms with Crippen molar-refractivity contribution in [2.45, 2.75) is 45.4 Å². The number of aliphatic hydroxyl groups is 1. The van der Waals surface area contributed by atoms with Gasteiger partial charge in [-0.05, 0) is 50.0 Å². The molecular weight excluding hydrogens is 236 g/mol. The number of likely N-dealkylation sites (tertiary alicyclic amines) is 1. The Morgan fingerprint density at radius 3 is 2.58 bits per heavy atom. The molecule has 3 nitrogen and oxygen atoms in total. The van der Waals surface area contributed by atoms with E-state index in [2.05, 4.69) is 29.3 Å². The number of hydrogen-bond donors (Lipinski definition) is 2. The highest BCUT2D eigenvalue weighted by atomic mass is 16.3. The molecule has 3 heteroatoms. The Morgan fingerprint density at radius 2 is 1.89 bits per heavy atom. The maximum Gasteiger partial charge on any atom is 0.0681 e. The van der Waals surface area contributed by atoms with Crippen LogP contribution in [0.5, 0.6) is 0 Å². The molecule has 1 aromatic carbocycles. The van der Waals surface area contributed by atoms with Crippen LogP contribution in [-0.2, 0) is 13.2 Å². The minimum absolute atomic E-state index is 0.128. The lowest BCUT2D eigenvalue weighted by Gasteiger charge is -2.18. The molecule has 0 aromatic heterocycles. The topological polar surface area (TPSA) is 35.5 Å². The molecule has 1 saturated heterocycles. The summed E-state index contributed by atoms with van der Waals surface area (Å²) >= 11 is 0. The van der Waals surface area contributed by atoms with E-state index in [9.17, 15) is 0 Å². The smallest absolute Gasteiger partial charge is 0.0681 e. The largest absolute Gasteiger partial charge is 0.392 e. The Morgan fingerprint density at radius 1 is 1.16 bits per heavy atom. The van der Waals surface area contributed by atoms with Crippen LogP contribution in [0.25, 0.3) is 0 Å². The monoisotopic (exact) mass is 262 g/mol. The van der Waals surface area contributed by atoms with Crippen LogP contribution in [0.1, 0.15) is 37.3 Å². The first-order valence-electron chi connectivity index (χ1n) is 7.46. The van der Waals surface area contributed by atoms with Crippen LogP contribution in [0, 0.1) is 0 Å². The quantitative estimate of drug-likeness (QED) is 0.853. The first-order chi connectivity index (χ1) is 9.31. The summed E-state index contributed by atoms with van der Waals surface area (Å²) < 4.78 is 0. The van der Waals surface area contributed by atoms with E-state index in [1.807, 2.05) is 12.1 Å². The second kappa shape index (κ2) is 7.63. The van der Waals surface area contributed by atoms with Crippen molar-refractivity contribution in [2.75, 3.05) is 19.6 Å². The van der Waals surface area contributed by atoms with Crippen LogP contribution in [-0.4, -0.2) is 35.7 Å². The van der Waals surface area contributed by atoms with E-state index in [0.29, 0.717) is 6.04 Å². The van der Waals surface area contributed by atoms with E-state index in [1.54, 1.807) is 0 Å². The van der Waals surface area contributed by atoms with E-state index < -0.39 is 0 Å². The lowest BCUT2D eigenvalue weighted by molar-refractivity contribution is 0.282. The number of nitrogens with zero attached hydrogens (tertiary/aromatic N) is 1. The first-order valence-corrected chi connectivity index (χ1v) is 7.46. The van der Waals surface area contributed by atoms with Crippen LogP contribution in [0.15, 0.2) is 24.3 Å². The van der Waals surface area contributed by atoms with E-state index in [1.165, 1.54) is 44.5 Å². The van der Waals surface area contributed by atoms with E-state index in [0.717, 1.165) is 12.1 Å². The van der Waals surface area contributed by atoms with Crippen molar-refractivity contribution in [3.63, 3.8) is 0 Å². The summed E-state index contributed by atoms with van der Waals surface area (Å²) in [4.78, 5) is 2.54. The summed E-state index contributed by atoms with van der Waals surface area (Å²) in [5, 5.41) is 12.7. The average molecular weight is 262 g/mol. The summed E-state index contributed by atoms with van der Waals surface area (Å²) in [6.07, 6.45) is 3.84. The fourth-order valence-corrected chi connectivity index (χ4v) is 2.70. The predicted octanol–water partition coefficient (Wildman–Crippen LogP) is 2.14. The summed E-state index contributed by atoms with van der Waals surface area (Å²) in [6, 6.07) is 8.86. The molecule has 2 N–H and O–H groups in total. The Hall–Kier alpha value is -0.900. The molecule has 1 aliphatic rings. The van der Waals surface area contributed by atoms with E-state index in [-0.39, 0.29) is 6.61 Å². The molecule has 0 spiro atoms. The standard InChI is InChI=1S/C16H26N2O/c1-2-18-10-3-4-16(9-11-18)17-12-14-5-7-15(13-19)8-6-14/h5-8,16-17,19H,2-4,9-13H2,1H3. The molecule has 1 fully saturated rings. The van der Waals surface area contributed by atoms with Crippen LogP contribution in [0.2, 0.25) is 0 Å². The number of nitrogens with one attached hydrogen (secondary N) is 1. The molecule has 1 heterocycles. The lowest BCUT2D eigenvalue weighted by Crippen LogP contribution is -2.30. The predicted molar refractivity (Wildman–Crippen MR) is 79.0 cm³/mol. The van der Waals surface area contributed by atoms with Gasteiger partial charge in [0.2, 0.25) is 0 Å². The van der Waals surface area contributed by atoms with Gasteiger partial charge in [-0.3, -0.25) is 0 Å². The molecule has 1 aromatic rings. The van der Waals surface area contributed by atoms with E-state index >= 15 is 0 Å². The van der Waals surface area contributed by atoms with Gasteiger partial charge in [0.05, 0.1) is 6.61 Å². The SMILES string of the molecule is CCN1CCCC(NCc2ccc(CO)cc2)CC1. The van der Waals surface area contributed by atoms with Gasteiger partial charge in [-0.25, -0.2) is 0 Å². The third kappa shape index (κ3) is 4.60. The van der Waals surface area contributed by atoms with Crippen molar-refractivity contribution < 1.29 is 5.11 Å². The van der Waals surface area contributed by atoms with Gasteiger partial charge < -0.3 is 15.3 Å². The summed E-state index contributed by atoms with van der Waals surface area (Å²) in [5.41, 5.74) is 2.28. The molecular formula is C16H26N2O. The summed E-state index contributed by atoms with van der Waals surface area (Å²) in [5.74, 6) is 0. The zero-order chi connectivity index (χ0) is 13.5. The summed E-state index contributed by atoms with van der Waals surface area (Å²) in [6.45, 7) is 6.95. The second-order valence-electron chi connectivity index (χ2n) is 5.42. The van der Waals surface area contributed by atoms with Gasteiger partial charge in [0, 0.05) is 12.6 Å². The molecule has 1 aliphatic heterocycles. The Bertz CT molecular complexity index is 364. The van der Waals surface area contributed by atoms with Crippen LogP contribution in [0.4, 0.5) is 0 Å². The van der Waals surface area contributed by atoms with Crippen molar-refractivity contribution in [3.8, 4) is 0 Å². The molecule has 0 radical (unpaired) electrons. The van der Waals surface area contributed by atoms with Gasteiger partial charge in [-0.15, -0.1) is 0 Å². The van der Waals surface area contributed by atoms with Gasteiger partial charge >= 0.3 is 0 Å². The number of hydrogen-bond acceptors (Lipinski definition) is 3. The highest BCUT2D eigenvalue weighted by Gasteiger charge is 2.15. The van der Waals surface area contributed by atoms with E-state index in [4.69, 9.17) is 5.11 Å². The molecule has 2 rings (SSSR count). The molecule has 0 saturated carbocycles. The Labute approximate surface area is 116 Å². The van der Waals surface area contributed by atoms with Gasteiger partial charge in [0.1, 0.15) is 0 Å². The van der Waals surface area contributed by atoms with Gasteiger partial charge in [-0.1, -0.05) is 31.2 Å². The molecule has 1 atom stereocenters. The number of rotatable bonds is 5. The molecule has 0 aliphatic carbocycles. The van der Waals surface area contributed by atoms with Crippen LogP contribution >= 0.6 is 0 Å². The summed E-state index contributed by atoms with van der Waals surface area (Å²) in [7, 11) is 0. The minimum atomic E-state index is 0.128. The lowest BCUT2D eigenvalue weighted by atomic mass is 10.1. The highest BCUT2D eigenvalue weighted by molar-refractivity contribution is 5.21. The zero-order valence-electron chi connectivity index (χ0n) is 11.9. The molecule has 0 amide bonds. The van der Waals surface area contributed by atoms with Crippen molar-refractivity contribution in [1.29, 1.82) is 0 Å². The zero-order valence-corrected chi connectivity index (χ0v) is 11.9.